The topological polar surface area (TPSA) is 12.5 Å². The minimum Gasteiger partial charge on any atom is -0.378 e. The SMILES string of the molecule is FC(F)CN(CCCl)CCCC1CCCO1. The van der Waals surface area contributed by atoms with Crippen LogP contribution in [0.2, 0.25) is 0 Å². The van der Waals surface area contributed by atoms with Gasteiger partial charge in [0.25, 0.3) is 6.43 Å². The molecule has 0 spiro atoms. The molecule has 1 aliphatic rings. The van der Waals surface area contributed by atoms with E-state index in [-0.39, 0.29) is 6.54 Å². The highest BCUT2D eigenvalue weighted by atomic mass is 35.5. The van der Waals surface area contributed by atoms with Crippen molar-refractivity contribution in [1.29, 1.82) is 0 Å². The lowest BCUT2D eigenvalue weighted by Gasteiger charge is -2.21. The Morgan fingerprint density at radius 2 is 2.19 bits per heavy atom. The van der Waals surface area contributed by atoms with Gasteiger partial charge in [0.05, 0.1) is 12.6 Å². The quantitative estimate of drug-likeness (QED) is 0.619. The average molecular weight is 256 g/mol. The van der Waals surface area contributed by atoms with Crippen LogP contribution in [0.5, 0.6) is 0 Å². The number of nitrogens with zero attached hydrogens (tertiary/aromatic N) is 1. The maximum Gasteiger partial charge on any atom is 0.251 e. The van der Waals surface area contributed by atoms with E-state index in [1.807, 2.05) is 0 Å². The van der Waals surface area contributed by atoms with Gasteiger partial charge in [-0.2, -0.15) is 0 Å². The second kappa shape index (κ2) is 8.20. The Morgan fingerprint density at radius 3 is 2.75 bits per heavy atom. The highest BCUT2D eigenvalue weighted by Gasteiger charge is 2.16. The summed E-state index contributed by atoms with van der Waals surface area (Å²) < 4.78 is 29.9. The van der Waals surface area contributed by atoms with Crippen molar-refractivity contribution in [3.63, 3.8) is 0 Å². The smallest absolute Gasteiger partial charge is 0.251 e. The first-order valence-corrected chi connectivity index (χ1v) is 6.44. The zero-order valence-electron chi connectivity index (χ0n) is 9.51. The molecule has 0 aromatic carbocycles. The van der Waals surface area contributed by atoms with Crippen molar-refractivity contribution in [2.75, 3.05) is 32.1 Å². The monoisotopic (exact) mass is 255 g/mol. The molecule has 16 heavy (non-hydrogen) atoms. The van der Waals surface area contributed by atoms with E-state index in [9.17, 15) is 8.78 Å². The molecule has 1 unspecified atom stereocenters. The summed E-state index contributed by atoms with van der Waals surface area (Å²) >= 11 is 5.57. The maximum absolute atomic E-state index is 12.2. The minimum absolute atomic E-state index is 0.168. The van der Waals surface area contributed by atoms with Crippen LogP contribution in [0.1, 0.15) is 25.7 Å². The van der Waals surface area contributed by atoms with Crippen LogP contribution in [-0.4, -0.2) is 49.6 Å². The van der Waals surface area contributed by atoms with Crippen LogP contribution >= 0.6 is 11.6 Å². The van der Waals surface area contributed by atoms with Gasteiger partial charge in [-0.05, 0) is 32.2 Å². The summed E-state index contributed by atoms with van der Waals surface area (Å²) in [6.07, 6.45) is 2.21. The van der Waals surface area contributed by atoms with Crippen molar-refractivity contribution in [2.45, 2.75) is 38.2 Å². The van der Waals surface area contributed by atoms with Gasteiger partial charge in [-0.25, -0.2) is 8.78 Å². The van der Waals surface area contributed by atoms with Crippen molar-refractivity contribution in [3.8, 4) is 0 Å². The van der Waals surface area contributed by atoms with Gasteiger partial charge in [0.15, 0.2) is 0 Å². The average Bonchev–Trinajstić information content (AvgIpc) is 2.70. The van der Waals surface area contributed by atoms with Gasteiger partial charge in [-0.3, -0.25) is 4.90 Å². The summed E-state index contributed by atoms with van der Waals surface area (Å²) in [4.78, 5) is 1.73. The van der Waals surface area contributed by atoms with Gasteiger partial charge in [0, 0.05) is 19.0 Å². The predicted octanol–water partition coefficient (Wildman–Crippen LogP) is 2.75. The van der Waals surface area contributed by atoms with Crippen molar-refractivity contribution < 1.29 is 13.5 Å². The first-order chi connectivity index (χ1) is 7.72. The van der Waals surface area contributed by atoms with Crippen molar-refractivity contribution >= 4 is 11.6 Å². The molecule has 0 saturated carbocycles. The number of halogens is 3. The molecule has 1 fully saturated rings. The van der Waals surface area contributed by atoms with Gasteiger partial charge >= 0.3 is 0 Å². The van der Waals surface area contributed by atoms with E-state index in [0.29, 0.717) is 25.1 Å². The third-order valence-electron chi connectivity index (χ3n) is 2.82. The highest BCUT2D eigenvalue weighted by Crippen LogP contribution is 2.17. The van der Waals surface area contributed by atoms with Crippen LogP contribution in [-0.2, 0) is 4.74 Å². The molecule has 0 aliphatic carbocycles. The molecule has 5 heteroatoms. The fraction of sp³-hybridized carbons (Fsp3) is 1.00. The Bertz CT molecular complexity index is 177. The molecular formula is C11H20ClF2NO. The van der Waals surface area contributed by atoms with Gasteiger partial charge < -0.3 is 4.74 Å². The summed E-state index contributed by atoms with van der Waals surface area (Å²) in [5, 5.41) is 0. The fourth-order valence-electron chi connectivity index (χ4n) is 2.02. The number of rotatable bonds is 8. The normalized spacial score (nSPS) is 21.2. The van der Waals surface area contributed by atoms with E-state index in [2.05, 4.69) is 0 Å². The zero-order chi connectivity index (χ0) is 11.8. The Kier molecular flexibility index (Phi) is 7.25. The molecule has 0 aromatic rings. The molecular weight excluding hydrogens is 236 g/mol. The van der Waals surface area contributed by atoms with Crippen LogP contribution in [0, 0.1) is 0 Å². The summed E-state index contributed by atoms with van der Waals surface area (Å²) in [5.74, 6) is 0.409. The molecule has 96 valence electrons. The zero-order valence-corrected chi connectivity index (χ0v) is 10.3. The van der Waals surface area contributed by atoms with Crippen LogP contribution in [0.25, 0.3) is 0 Å². The molecule has 1 aliphatic heterocycles. The molecule has 0 amide bonds. The molecule has 0 aromatic heterocycles. The van der Waals surface area contributed by atoms with E-state index < -0.39 is 6.43 Å². The van der Waals surface area contributed by atoms with E-state index in [1.165, 1.54) is 0 Å². The largest absolute Gasteiger partial charge is 0.378 e. The van der Waals surface area contributed by atoms with Crippen LogP contribution < -0.4 is 0 Å². The van der Waals surface area contributed by atoms with Crippen molar-refractivity contribution in [3.05, 3.63) is 0 Å². The van der Waals surface area contributed by atoms with Crippen LogP contribution in [0.3, 0.4) is 0 Å². The fourth-order valence-corrected chi connectivity index (χ4v) is 2.26. The van der Waals surface area contributed by atoms with E-state index in [0.717, 1.165) is 32.3 Å². The molecule has 2 nitrogen and oxygen atoms in total. The lowest BCUT2D eigenvalue weighted by atomic mass is 10.1. The first-order valence-electron chi connectivity index (χ1n) is 5.90. The molecule has 1 atom stereocenters. The summed E-state index contributed by atoms with van der Waals surface area (Å²) in [6, 6.07) is 0. The van der Waals surface area contributed by atoms with Gasteiger partial charge in [0.1, 0.15) is 0 Å². The second-order valence-corrected chi connectivity index (χ2v) is 4.54. The number of ether oxygens (including phenoxy) is 1. The van der Waals surface area contributed by atoms with Gasteiger partial charge in [-0.15, -0.1) is 11.6 Å². The van der Waals surface area contributed by atoms with Crippen molar-refractivity contribution in [1.82, 2.24) is 4.90 Å². The summed E-state index contributed by atoms with van der Waals surface area (Å²) in [7, 11) is 0. The third-order valence-corrected chi connectivity index (χ3v) is 2.99. The Labute approximate surface area is 101 Å². The summed E-state index contributed by atoms with van der Waals surface area (Å²) in [6.45, 7) is 1.92. The van der Waals surface area contributed by atoms with E-state index >= 15 is 0 Å². The molecule has 0 radical (unpaired) electrons. The Morgan fingerprint density at radius 1 is 1.38 bits per heavy atom. The van der Waals surface area contributed by atoms with Crippen LogP contribution in [0.15, 0.2) is 0 Å². The molecule has 0 bridgehead atoms. The highest BCUT2D eigenvalue weighted by molar-refractivity contribution is 6.18. The third kappa shape index (κ3) is 5.97. The van der Waals surface area contributed by atoms with E-state index in [1.54, 1.807) is 4.90 Å². The lowest BCUT2D eigenvalue weighted by molar-refractivity contribution is 0.0796. The number of alkyl halides is 3. The first kappa shape index (κ1) is 14.1. The van der Waals surface area contributed by atoms with Crippen LogP contribution in [0.4, 0.5) is 8.78 Å². The predicted molar refractivity (Wildman–Crippen MR) is 61.4 cm³/mol. The second-order valence-electron chi connectivity index (χ2n) is 4.16. The summed E-state index contributed by atoms with van der Waals surface area (Å²) in [5.41, 5.74) is 0. The molecule has 1 heterocycles. The van der Waals surface area contributed by atoms with E-state index in [4.69, 9.17) is 16.3 Å². The lowest BCUT2D eigenvalue weighted by Crippen LogP contribution is -2.32. The Hall–Kier alpha value is 0.0700. The van der Waals surface area contributed by atoms with Crippen molar-refractivity contribution in [2.24, 2.45) is 0 Å². The Balaban J connectivity index is 2.10. The number of hydrogen-bond donors (Lipinski definition) is 0. The van der Waals surface area contributed by atoms with Gasteiger partial charge in [-0.1, -0.05) is 0 Å². The molecule has 1 saturated heterocycles. The molecule has 0 N–H and O–H groups in total. The minimum atomic E-state index is -2.27. The van der Waals surface area contributed by atoms with Gasteiger partial charge in [0.2, 0.25) is 0 Å². The standard InChI is InChI=1S/C11H20ClF2NO/c12-5-7-15(9-11(13)14)6-1-3-10-4-2-8-16-10/h10-11H,1-9H2. The molecule has 1 rings (SSSR count). The number of hydrogen-bond acceptors (Lipinski definition) is 2. The maximum atomic E-state index is 12.2.